The van der Waals surface area contributed by atoms with Crippen molar-refractivity contribution in [1.82, 2.24) is 0 Å². The molecule has 0 aromatic heterocycles. The highest BCUT2D eigenvalue weighted by molar-refractivity contribution is 6.74. The lowest BCUT2D eigenvalue weighted by molar-refractivity contribution is -0.271. The van der Waals surface area contributed by atoms with E-state index in [4.69, 9.17) is 18.6 Å². The SMILES string of the molecule is CC1(C)O[C@@H]2[C@@H]([C@H](O)C(F)(F)F)OC(O[Si](C)(C)C(C)(C)C)[C@@H]2O1. The van der Waals surface area contributed by atoms with E-state index in [1.165, 1.54) is 0 Å². The molecule has 0 radical (unpaired) electrons. The van der Waals surface area contributed by atoms with E-state index < -0.39 is 51.0 Å². The zero-order valence-corrected chi connectivity index (χ0v) is 16.1. The van der Waals surface area contributed by atoms with E-state index in [1.54, 1.807) is 13.8 Å². The highest BCUT2D eigenvalue weighted by Crippen LogP contribution is 2.45. The van der Waals surface area contributed by atoms with Gasteiger partial charge in [0.05, 0.1) is 0 Å². The first-order chi connectivity index (χ1) is 10.6. The standard InChI is InChI=1S/C15H27F3O5Si/c1-13(2,3)24(6,7)23-12-10-8(21-14(4,5)22-10)9(20-12)11(19)15(16,17)18/h8-12,19H,1-7H3/t8-,9+,10-,11+,12?/m1/s1. The molecule has 2 aliphatic heterocycles. The highest BCUT2D eigenvalue weighted by atomic mass is 28.4. The predicted molar refractivity (Wildman–Crippen MR) is 82.8 cm³/mol. The summed E-state index contributed by atoms with van der Waals surface area (Å²) in [5.74, 6) is -1.06. The molecule has 2 heterocycles. The maximum Gasteiger partial charge on any atom is 0.417 e. The van der Waals surface area contributed by atoms with Gasteiger partial charge in [-0.3, -0.25) is 0 Å². The van der Waals surface area contributed by atoms with Crippen molar-refractivity contribution in [2.24, 2.45) is 0 Å². The van der Waals surface area contributed by atoms with Crippen LogP contribution in [0.1, 0.15) is 34.6 Å². The molecule has 0 aliphatic carbocycles. The largest absolute Gasteiger partial charge is 0.417 e. The van der Waals surface area contributed by atoms with Crippen LogP contribution >= 0.6 is 0 Å². The van der Waals surface area contributed by atoms with Crippen LogP contribution in [0.2, 0.25) is 18.1 Å². The molecule has 0 saturated carbocycles. The molecule has 142 valence electrons. The minimum atomic E-state index is -4.81. The Morgan fingerprint density at radius 3 is 2.04 bits per heavy atom. The summed E-state index contributed by atoms with van der Waals surface area (Å²) < 4.78 is 61.6. The summed E-state index contributed by atoms with van der Waals surface area (Å²) in [5.41, 5.74) is 0. The lowest BCUT2D eigenvalue weighted by Gasteiger charge is -2.39. The van der Waals surface area contributed by atoms with E-state index in [9.17, 15) is 18.3 Å². The number of hydrogen-bond acceptors (Lipinski definition) is 5. The van der Waals surface area contributed by atoms with Crippen molar-refractivity contribution in [2.45, 2.75) is 95.4 Å². The number of halogens is 3. The average molecular weight is 372 g/mol. The second-order valence-corrected chi connectivity index (χ2v) is 13.2. The molecule has 0 spiro atoms. The van der Waals surface area contributed by atoms with E-state index in [2.05, 4.69) is 0 Å². The van der Waals surface area contributed by atoms with Crippen LogP contribution < -0.4 is 0 Å². The molecule has 1 N–H and O–H groups in total. The van der Waals surface area contributed by atoms with Crippen molar-refractivity contribution in [3.05, 3.63) is 0 Å². The van der Waals surface area contributed by atoms with E-state index in [0.29, 0.717) is 0 Å². The molecule has 2 saturated heterocycles. The van der Waals surface area contributed by atoms with Crippen LogP contribution in [0, 0.1) is 0 Å². The maximum absolute atomic E-state index is 12.9. The number of aliphatic hydroxyl groups is 1. The summed E-state index contributed by atoms with van der Waals surface area (Å²) in [6.07, 6.45) is -11.9. The van der Waals surface area contributed by atoms with Gasteiger partial charge in [-0.2, -0.15) is 13.2 Å². The molecule has 0 amide bonds. The van der Waals surface area contributed by atoms with Gasteiger partial charge in [-0.15, -0.1) is 0 Å². The summed E-state index contributed by atoms with van der Waals surface area (Å²) in [5, 5.41) is 9.50. The van der Waals surface area contributed by atoms with Crippen LogP contribution in [0.25, 0.3) is 0 Å². The third-order valence-corrected chi connectivity index (χ3v) is 9.34. The average Bonchev–Trinajstić information content (AvgIpc) is 2.80. The Morgan fingerprint density at radius 1 is 1.08 bits per heavy atom. The lowest BCUT2D eigenvalue weighted by atomic mass is 10.1. The predicted octanol–water partition coefficient (Wildman–Crippen LogP) is 3.18. The Balaban J connectivity index is 2.25. The second kappa shape index (κ2) is 5.92. The molecule has 9 heteroatoms. The molecule has 5 atom stereocenters. The van der Waals surface area contributed by atoms with E-state index in [-0.39, 0.29) is 5.04 Å². The number of ether oxygens (including phenoxy) is 3. The van der Waals surface area contributed by atoms with Crippen molar-refractivity contribution in [3.8, 4) is 0 Å². The van der Waals surface area contributed by atoms with Gasteiger partial charge < -0.3 is 23.7 Å². The molecular formula is C15H27F3O5Si. The zero-order valence-electron chi connectivity index (χ0n) is 15.1. The van der Waals surface area contributed by atoms with Gasteiger partial charge in [0.15, 0.2) is 26.5 Å². The fourth-order valence-corrected chi connectivity index (χ4v) is 3.72. The van der Waals surface area contributed by atoms with Crippen LogP contribution in [0.15, 0.2) is 0 Å². The number of hydrogen-bond donors (Lipinski definition) is 1. The first-order valence-corrected chi connectivity index (χ1v) is 10.9. The van der Waals surface area contributed by atoms with Gasteiger partial charge in [-0.25, -0.2) is 0 Å². The Hall–Kier alpha value is -0.193. The number of fused-ring (bicyclic) bond motifs is 1. The molecule has 2 rings (SSSR count). The Labute approximate surface area is 141 Å². The van der Waals surface area contributed by atoms with Crippen molar-refractivity contribution in [3.63, 3.8) is 0 Å². The summed E-state index contributed by atoms with van der Waals surface area (Å²) in [6.45, 7) is 13.2. The van der Waals surface area contributed by atoms with Crippen molar-refractivity contribution < 1.29 is 36.9 Å². The number of alkyl halides is 3. The van der Waals surface area contributed by atoms with Gasteiger partial charge in [0.1, 0.15) is 18.3 Å². The number of rotatable bonds is 3. The topological polar surface area (TPSA) is 57.2 Å². The van der Waals surface area contributed by atoms with Gasteiger partial charge in [0.25, 0.3) is 0 Å². The molecule has 2 fully saturated rings. The van der Waals surface area contributed by atoms with Gasteiger partial charge in [0, 0.05) is 0 Å². The molecule has 1 unspecified atom stereocenters. The normalized spacial score (nSPS) is 35.1. The number of aliphatic hydroxyl groups excluding tert-OH is 1. The summed E-state index contributed by atoms with van der Waals surface area (Å²) >= 11 is 0. The van der Waals surface area contributed by atoms with Crippen molar-refractivity contribution in [2.75, 3.05) is 0 Å². The van der Waals surface area contributed by atoms with Crippen molar-refractivity contribution in [1.29, 1.82) is 0 Å². The summed E-state index contributed by atoms with van der Waals surface area (Å²) in [7, 11) is -2.31. The molecule has 5 nitrogen and oxygen atoms in total. The third-order valence-electron chi connectivity index (χ3n) is 4.91. The molecule has 0 aromatic carbocycles. The Kier molecular flexibility index (Phi) is 4.96. The Morgan fingerprint density at radius 2 is 1.58 bits per heavy atom. The molecule has 0 bridgehead atoms. The van der Waals surface area contributed by atoms with Gasteiger partial charge in [-0.05, 0) is 32.0 Å². The van der Waals surface area contributed by atoms with Crippen LogP contribution in [0.5, 0.6) is 0 Å². The quantitative estimate of drug-likeness (QED) is 0.771. The van der Waals surface area contributed by atoms with Gasteiger partial charge in [0.2, 0.25) is 0 Å². The van der Waals surface area contributed by atoms with E-state index in [1.807, 2.05) is 33.9 Å². The summed E-state index contributed by atoms with van der Waals surface area (Å²) in [6, 6.07) is 0. The van der Waals surface area contributed by atoms with E-state index in [0.717, 1.165) is 0 Å². The minimum absolute atomic E-state index is 0.151. The van der Waals surface area contributed by atoms with Gasteiger partial charge >= 0.3 is 6.18 Å². The van der Waals surface area contributed by atoms with Crippen molar-refractivity contribution >= 4 is 8.32 Å². The monoisotopic (exact) mass is 372 g/mol. The molecule has 0 aromatic rings. The Bertz CT molecular complexity index is 475. The first kappa shape index (κ1) is 20.1. The van der Waals surface area contributed by atoms with Crippen LogP contribution in [0.3, 0.4) is 0 Å². The molecule has 2 aliphatic rings. The van der Waals surface area contributed by atoms with Crippen LogP contribution in [-0.4, -0.2) is 56.1 Å². The fourth-order valence-electron chi connectivity index (χ4n) is 2.59. The maximum atomic E-state index is 12.9. The second-order valence-electron chi connectivity index (χ2n) is 8.40. The minimum Gasteiger partial charge on any atom is -0.390 e. The van der Waals surface area contributed by atoms with Gasteiger partial charge in [-0.1, -0.05) is 20.8 Å². The van der Waals surface area contributed by atoms with E-state index >= 15 is 0 Å². The molecular weight excluding hydrogens is 345 g/mol. The molecule has 24 heavy (non-hydrogen) atoms. The zero-order chi connectivity index (χ0) is 18.7. The van der Waals surface area contributed by atoms with Crippen LogP contribution in [0.4, 0.5) is 13.2 Å². The lowest BCUT2D eigenvalue weighted by Crippen LogP contribution is -2.47. The first-order valence-electron chi connectivity index (χ1n) is 7.99. The smallest absolute Gasteiger partial charge is 0.390 e. The third kappa shape index (κ3) is 3.81. The van der Waals surface area contributed by atoms with Crippen LogP contribution in [-0.2, 0) is 18.6 Å². The highest BCUT2D eigenvalue weighted by Gasteiger charge is 2.62. The fraction of sp³-hybridized carbons (Fsp3) is 1.00. The summed E-state index contributed by atoms with van der Waals surface area (Å²) in [4.78, 5) is 0.